The van der Waals surface area contributed by atoms with Crippen molar-refractivity contribution in [2.45, 2.75) is 13.0 Å². The second-order valence-electron chi connectivity index (χ2n) is 2.70. The lowest BCUT2D eigenvalue weighted by atomic mass is 10.3. The number of hydrogen-bond donors (Lipinski definition) is 1. The third-order valence-electron chi connectivity index (χ3n) is 1.72. The Morgan fingerprint density at radius 3 is 2.92 bits per heavy atom. The number of hydrogen-bond acceptors (Lipinski definition) is 3. The van der Waals surface area contributed by atoms with Crippen LogP contribution >= 0.6 is 0 Å². The molecule has 0 amide bonds. The largest absolute Gasteiger partial charge is 0.330 e. The first-order valence-electron chi connectivity index (χ1n) is 4.08. The quantitative estimate of drug-likeness (QED) is 0.710. The van der Waals surface area contributed by atoms with Gasteiger partial charge in [0.05, 0.1) is 5.56 Å². The number of aromatic nitrogens is 1. The van der Waals surface area contributed by atoms with E-state index in [-0.39, 0.29) is 5.56 Å². The van der Waals surface area contributed by atoms with Gasteiger partial charge in [0.25, 0.3) is 5.56 Å². The Morgan fingerprint density at radius 2 is 2.31 bits per heavy atom. The SMILES string of the molecule is N#Cc1ccc(=O)n(CCCN)c1. The summed E-state index contributed by atoms with van der Waals surface area (Å²) in [6.45, 7) is 1.12. The van der Waals surface area contributed by atoms with Crippen LogP contribution in [0.3, 0.4) is 0 Å². The van der Waals surface area contributed by atoms with E-state index in [9.17, 15) is 4.79 Å². The van der Waals surface area contributed by atoms with Crippen molar-refractivity contribution in [2.75, 3.05) is 6.54 Å². The van der Waals surface area contributed by atoms with Crippen LogP contribution in [0.4, 0.5) is 0 Å². The van der Waals surface area contributed by atoms with E-state index in [0.717, 1.165) is 6.42 Å². The van der Waals surface area contributed by atoms with Crippen LogP contribution in [0, 0.1) is 11.3 Å². The van der Waals surface area contributed by atoms with E-state index < -0.39 is 0 Å². The molecular formula is C9H11N3O. The van der Waals surface area contributed by atoms with E-state index in [1.165, 1.54) is 16.7 Å². The van der Waals surface area contributed by atoms with Crippen molar-refractivity contribution in [3.05, 3.63) is 34.2 Å². The summed E-state index contributed by atoms with van der Waals surface area (Å²) in [4.78, 5) is 11.2. The maximum atomic E-state index is 11.2. The molecule has 68 valence electrons. The van der Waals surface area contributed by atoms with Crippen molar-refractivity contribution in [2.24, 2.45) is 5.73 Å². The van der Waals surface area contributed by atoms with Gasteiger partial charge in [0.15, 0.2) is 0 Å². The fraction of sp³-hybridized carbons (Fsp3) is 0.333. The van der Waals surface area contributed by atoms with E-state index in [1.807, 2.05) is 6.07 Å². The van der Waals surface area contributed by atoms with Gasteiger partial charge < -0.3 is 10.3 Å². The molecule has 0 unspecified atom stereocenters. The minimum atomic E-state index is -0.0903. The minimum absolute atomic E-state index is 0.0903. The van der Waals surface area contributed by atoms with Gasteiger partial charge in [-0.05, 0) is 19.0 Å². The fourth-order valence-electron chi connectivity index (χ4n) is 1.03. The van der Waals surface area contributed by atoms with Gasteiger partial charge in [0, 0.05) is 18.8 Å². The predicted octanol–water partition coefficient (Wildman–Crippen LogP) is 0.0688. The highest BCUT2D eigenvalue weighted by Gasteiger charge is 1.96. The standard InChI is InChI=1S/C9H11N3O/c10-4-1-5-12-7-8(6-11)2-3-9(12)13/h2-3,7H,1,4-5,10H2. The molecule has 4 nitrogen and oxygen atoms in total. The Kier molecular flexibility index (Phi) is 3.23. The number of nitrogens with zero attached hydrogens (tertiary/aromatic N) is 2. The van der Waals surface area contributed by atoms with Gasteiger partial charge in [-0.25, -0.2) is 0 Å². The lowest BCUT2D eigenvalue weighted by Gasteiger charge is -2.03. The molecule has 0 aliphatic heterocycles. The molecule has 0 aromatic carbocycles. The lowest BCUT2D eigenvalue weighted by Crippen LogP contribution is -2.20. The normalized spacial score (nSPS) is 9.54. The van der Waals surface area contributed by atoms with Crippen molar-refractivity contribution in [3.8, 4) is 6.07 Å². The molecule has 0 radical (unpaired) electrons. The van der Waals surface area contributed by atoms with Gasteiger partial charge in [0.2, 0.25) is 0 Å². The fourth-order valence-corrected chi connectivity index (χ4v) is 1.03. The smallest absolute Gasteiger partial charge is 0.250 e. The summed E-state index contributed by atoms with van der Waals surface area (Å²) in [6, 6.07) is 4.89. The van der Waals surface area contributed by atoms with Crippen LogP contribution in [0.15, 0.2) is 23.1 Å². The minimum Gasteiger partial charge on any atom is -0.330 e. The number of pyridine rings is 1. The molecule has 4 heteroatoms. The first kappa shape index (κ1) is 9.49. The molecule has 1 heterocycles. The summed E-state index contributed by atoms with van der Waals surface area (Å²) >= 11 is 0. The summed E-state index contributed by atoms with van der Waals surface area (Å²) in [5.74, 6) is 0. The van der Waals surface area contributed by atoms with Crippen molar-refractivity contribution < 1.29 is 0 Å². The van der Waals surface area contributed by atoms with Gasteiger partial charge >= 0.3 is 0 Å². The molecule has 0 aliphatic carbocycles. The van der Waals surface area contributed by atoms with E-state index in [0.29, 0.717) is 18.7 Å². The number of nitrogens with two attached hydrogens (primary N) is 1. The van der Waals surface area contributed by atoms with Crippen LogP contribution in [-0.4, -0.2) is 11.1 Å². The van der Waals surface area contributed by atoms with Gasteiger partial charge in [-0.15, -0.1) is 0 Å². The predicted molar refractivity (Wildman–Crippen MR) is 49.1 cm³/mol. The number of aryl methyl sites for hydroxylation is 1. The number of rotatable bonds is 3. The molecule has 2 N–H and O–H groups in total. The zero-order valence-corrected chi connectivity index (χ0v) is 7.23. The van der Waals surface area contributed by atoms with Crippen LogP contribution in [0.25, 0.3) is 0 Å². The van der Waals surface area contributed by atoms with Crippen LogP contribution in [0.1, 0.15) is 12.0 Å². The molecule has 0 saturated heterocycles. The van der Waals surface area contributed by atoms with Crippen molar-refractivity contribution in [3.63, 3.8) is 0 Å². The van der Waals surface area contributed by atoms with Crippen LogP contribution < -0.4 is 11.3 Å². The second kappa shape index (κ2) is 4.43. The first-order chi connectivity index (χ1) is 6.27. The van der Waals surface area contributed by atoms with Crippen molar-refractivity contribution in [1.29, 1.82) is 5.26 Å². The van der Waals surface area contributed by atoms with E-state index in [4.69, 9.17) is 11.0 Å². The van der Waals surface area contributed by atoms with Crippen LogP contribution in [0.2, 0.25) is 0 Å². The zero-order valence-electron chi connectivity index (χ0n) is 7.23. The summed E-state index contributed by atoms with van der Waals surface area (Å²) in [7, 11) is 0. The number of nitriles is 1. The summed E-state index contributed by atoms with van der Waals surface area (Å²) in [5, 5.41) is 8.59. The Labute approximate surface area is 76.2 Å². The van der Waals surface area contributed by atoms with Crippen LogP contribution in [0.5, 0.6) is 0 Å². The highest BCUT2D eigenvalue weighted by atomic mass is 16.1. The van der Waals surface area contributed by atoms with Crippen molar-refractivity contribution >= 4 is 0 Å². The van der Waals surface area contributed by atoms with Gasteiger partial charge in [-0.1, -0.05) is 0 Å². The summed E-state index contributed by atoms with van der Waals surface area (Å²) < 4.78 is 1.51. The van der Waals surface area contributed by atoms with E-state index in [1.54, 1.807) is 6.20 Å². The molecule has 1 aromatic heterocycles. The monoisotopic (exact) mass is 177 g/mol. The Balaban J connectivity index is 2.92. The third kappa shape index (κ3) is 2.42. The molecule has 13 heavy (non-hydrogen) atoms. The molecule has 0 saturated carbocycles. The molecule has 1 aromatic rings. The topological polar surface area (TPSA) is 71.8 Å². The van der Waals surface area contributed by atoms with Crippen LogP contribution in [-0.2, 0) is 6.54 Å². The van der Waals surface area contributed by atoms with Gasteiger partial charge in [0.1, 0.15) is 6.07 Å². The van der Waals surface area contributed by atoms with Crippen molar-refractivity contribution in [1.82, 2.24) is 4.57 Å². The van der Waals surface area contributed by atoms with E-state index in [2.05, 4.69) is 0 Å². The summed E-state index contributed by atoms with van der Waals surface area (Å²) in [5.41, 5.74) is 5.72. The zero-order chi connectivity index (χ0) is 9.68. The molecule has 1 rings (SSSR count). The maximum Gasteiger partial charge on any atom is 0.250 e. The Bertz CT molecular complexity index is 375. The summed E-state index contributed by atoms with van der Waals surface area (Å²) in [6.07, 6.45) is 2.30. The molecular weight excluding hydrogens is 166 g/mol. The average molecular weight is 177 g/mol. The Hall–Kier alpha value is -1.60. The second-order valence-corrected chi connectivity index (χ2v) is 2.70. The highest BCUT2D eigenvalue weighted by Crippen LogP contribution is 1.93. The molecule has 0 bridgehead atoms. The first-order valence-corrected chi connectivity index (χ1v) is 4.08. The third-order valence-corrected chi connectivity index (χ3v) is 1.72. The van der Waals surface area contributed by atoms with Gasteiger partial charge in [-0.3, -0.25) is 4.79 Å². The van der Waals surface area contributed by atoms with Gasteiger partial charge in [-0.2, -0.15) is 5.26 Å². The average Bonchev–Trinajstić information content (AvgIpc) is 2.17. The lowest BCUT2D eigenvalue weighted by molar-refractivity contribution is 0.629. The molecule has 0 atom stereocenters. The molecule has 0 aliphatic rings. The molecule has 0 spiro atoms. The highest BCUT2D eigenvalue weighted by molar-refractivity contribution is 5.24. The Morgan fingerprint density at radius 1 is 1.54 bits per heavy atom. The maximum absolute atomic E-state index is 11.2. The van der Waals surface area contributed by atoms with E-state index >= 15 is 0 Å². The molecule has 0 fully saturated rings.